The molecule has 0 saturated heterocycles. The highest BCUT2D eigenvalue weighted by molar-refractivity contribution is 9.13. The van der Waals surface area contributed by atoms with E-state index in [-0.39, 0.29) is 12.3 Å². The topological polar surface area (TPSA) is 86.3 Å². The zero-order valence-corrected chi connectivity index (χ0v) is 16.7. The Balaban J connectivity index is 2.59. The van der Waals surface area contributed by atoms with Gasteiger partial charge in [0.05, 0.1) is 24.3 Å². The molecule has 1 aromatic heterocycles. The molecular weight excluding hydrogens is 446 g/mol. The predicted molar refractivity (Wildman–Crippen MR) is 95.5 cm³/mol. The fraction of sp³-hybridized carbons (Fsp3) is 0.400. The van der Waals surface area contributed by atoms with Crippen LogP contribution >= 0.6 is 31.9 Å². The van der Waals surface area contributed by atoms with E-state index in [0.29, 0.717) is 44.9 Å². The monoisotopic (exact) mass is 461 g/mol. The van der Waals surface area contributed by atoms with Crippen LogP contribution in [-0.4, -0.2) is 41.2 Å². The number of ether oxygens (including phenoxy) is 3. The van der Waals surface area contributed by atoms with Crippen LogP contribution in [0.2, 0.25) is 0 Å². The molecule has 0 amide bonds. The molecule has 9 heteroatoms. The third kappa shape index (κ3) is 3.72. The standard InChI is InChI=1S/C15H17Br2N3O4/c1-4-22-9-7-8(10(16)11(17)14(9)23-5-2)12-13(19-20-18-12)15(21)24-6-3/h7H,4-6H2,1-3H3,(H,18,19,20). The number of hydrogen-bond donors (Lipinski definition) is 1. The van der Waals surface area contributed by atoms with Gasteiger partial charge in [-0.2, -0.15) is 10.3 Å². The van der Waals surface area contributed by atoms with E-state index < -0.39 is 5.97 Å². The Kier molecular flexibility index (Phi) is 6.61. The Morgan fingerprint density at radius 2 is 1.79 bits per heavy atom. The van der Waals surface area contributed by atoms with E-state index in [1.54, 1.807) is 13.0 Å². The molecule has 0 saturated carbocycles. The first-order valence-corrected chi connectivity index (χ1v) is 8.99. The van der Waals surface area contributed by atoms with Gasteiger partial charge in [-0.1, -0.05) is 0 Å². The Labute approximate surface area is 156 Å². The quantitative estimate of drug-likeness (QED) is 0.626. The minimum atomic E-state index is -0.545. The number of carbonyl (C=O) groups excluding carboxylic acids is 1. The summed E-state index contributed by atoms with van der Waals surface area (Å²) in [5.74, 6) is 0.578. The van der Waals surface area contributed by atoms with Crippen molar-refractivity contribution in [3.8, 4) is 22.8 Å². The molecule has 2 aromatic rings. The maximum Gasteiger partial charge on any atom is 0.361 e. The van der Waals surface area contributed by atoms with Gasteiger partial charge in [-0.3, -0.25) is 0 Å². The highest BCUT2D eigenvalue weighted by Gasteiger charge is 2.25. The molecule has 1 aromatic carbocycles. The zero-order valence-electron chi connectivity index (χ0n) is 13.5. The van der Waals surface area contributed by atoms with E-state index in [9.17, 15) is 4.79 Å². The normalized spacial score (nSPS) is 10.5. The van der Waals surface area contributed by atoms with Gasteiger partial charge in [-0.25, -0.2) is 4.79 Å². The highest BCUT2D eigenvalue weighted by atomic mass is 79.9. The fourth-order valence-electron chi connectivity index (χ4n) is 2.06. The maximum atomic E-state index is 12.0. The van der Waals surface area contributed by atoms with Gasteiger partial charge in [0.2, 0.25) is 0 Å². The van der Waals surface area contributed by atoms with Crippen LogP contribution in [0.4, 0.5) is 0 Å². The van der Waals surface area contributed by atoms with Gasteiger partial charge in [-0.05, 0) is 58.7 Å². The average molecular weight is 463 g/mol. The summed E-state index contributed by atoms with van der Waals surface area (Å²) in [4.78, 5) is 12.0. The van der Waals surface area contributed by atoms with E-state index in [2.05, 4.69) is 47.3 Å². The van der Waals surface area contributed by atoms with Crippen LogP contribution in [0.1, 0.15) is 31.3 Å². The van der Waals surface area contributed by atoms with Crippen LogP contribution in [0, 0.1) is 0 Å². The number of carbonyl (C=O) groups is 1. The summed E-state index contributed by atoms with van der Waals surface area (Å²) in [5.41, 5.74) is 1.10. The van der Waals surface area contributed by atoms with Crippen LogP contribution in [0.5, 0.6) is 11.5 Å². The van der Waals surface area contributed by atoms with Crippen molar-refractivity contribution in [2.75, 3.05) is 19.8 Å². The number of nitrogens with zero attached hydrogens (tertiary/aromatic N) is 2. The molecule has 0 aliphatic heterocycles. The van der Waals surface area contributed by atoms with Gasteiger partial charge >= 0.3 is 5.97 Å². The third-order valence-corrected chi connectivity index (χ3v) is 5.10. The number of hydrogen-bond acceptors (Lipinski definition) is 6. The Bertz CT molecular complexity index is 734. The third-order valence-electron chi connectivity index (χ3n) is 2.99. The van der Waals surface area contributed by atoms with E-state index in [0.717, 1.165) is 0 Å². The molecule has 2 rings (SSSR count). The maximum absolute atomic E-state index is 12.0. The van der Waals surface area contributed by atoms with Crippen LogP contribution in [0.25, 0.3) is 11.3 Å². The van der Waals surface area contributed by atoms with Gasteiger partial charge in [0, 0.05) is 10.0 Å². The van der Waals surface area contributed by atoms with Crippen molar-refractivity contribution in [3.63, 3.8) is 0 Å². The van der Waals surface area contributed by atoms with Crippen molar-refractivity contribution in [3.05, 3.63) is 20.7 Å². The highest BCUT2D eigenvalue weighted by Crippen LogP contribution is 2.46. The van der Waals surface area contributed by atoms with Gasteiger partial charge in [0.25, 0.3) is 0 Å². The Hall–Kier alpha value is -1.61. The molecule has 0 fully saturated rings. The minimum Gasteiger partial charge on any atom is -0.490 e. The molecule has 24 heavy (non-hydrogen) atoms. The average Bonchev–Trinajstić information content (AvgIpc) is 3.04. The molecule has 7 nitrogen and oxygen atoms in total. The summed E-state index contributed by atoms with van der Waals surface area (Å²) >= 11 is 7.02. The Morgan fingerprint density at radius 1 is 1.08 bits per heavy atom. The molecule has 1 heterocycles. The largest absolute Gasteiger partial charge is 0.490 e. The lowest BCUT2D eigenvalue weighted by Crippen LogP contribution is -2.07. The summed E-state index contributed by atoms with van der Waals surface area (Å²) in [6, 6.07) is 1.75. The number of H-pyrrole nitrogens is 1. The smallest absolute Gasteiger partial charge is 0.361 e. The number of esters is 1. The van der Waals surface area contributed by atoms with Crippen molar-refractivity contribution in [1.82, 2.24) is 15.4 Å². The van der Waals surface area contributed by atoms with Gasteiger partial charge in [0.1, 0.15) is 5.69 Å². The summed E-state index contributed by atoms with van der Waals surface area (Å²) in [6.45, 7) is 6.71. The summed E-state index contributed by atoms with van der Waals surface area (Å²) in [6.07, 6.45) is 0. The van der Waals surface area contributed by atoms with Crippen molar-refractivity contribution in [1.29, 1.82) is 0 Å². The molecule has 0 spiro atoms. The predicted octanol–water partition coefficient (Wildman–Crippen LogP) is 3.97. The van der Waals surface area contributed by atoms with Crippen molar-refractivity contribution in [2.45, 2.75) is 20.8 Å². The van der Waals surface area contributed by atoms with Gasteiger partial charge in [-0.15, -0.1) is 5.10 Å². The molecule has 1 N–H and O–H groups in total. The summed E-state index contributed by atoms with van der Waals surface area (Å²) in [7, 11) is 0. The number of nitrogens with one attached hydrogen (secondary N) is 1. The number of aromatic nitrogens is 3. The zero-order chi connectivity index (χ0) is 17.7. The van der Waals surface area contributed by atoms with Crippen molar-refractivity contribution < 1.29 is 19.0 Å². The number of rotatable bonds is 7. The fourth-order valence-corrected chi connectivity index (χ4v) is 3.07. The molecule has 0 aliphatic carbocycles. The van der Waals surface area contributed by atoms with Crippen LogP contribution in [-0.2, 0) is 4.74 Å². The van der Waals surface area contributed by atoms with Crippen molar-refractivity contribution in [2.24, 2.45) is 0 Å². The van der Waals surface area contributed by atoms with Crippen LogP contribution in [0.3, 0.4) is 0 Å². The lowest BCUT2D eigenvalue weighted by Gasteiger charge is -2.16. The lowest BCUT2D eigenvalue weighted by molar-refractivity contribution is 0.0520. The second-order valence-corrected chi connectivity index (χ2v) is 6.07. The minimum absolute atomic E-state index is 0.107. The molecule has 130 valence electrons. The molecular formula is C15H17Br2N3O4. The molecule has 0 radical (unpaired) electrons. The Morgan fingerprint density at radius 3 is 2.42 bits per heavy atom. The van der Waals surface area contributed by atoms with Crippen LogP contribution < -0.4 is 9.47 Å². The van der Waals surface area contributed by atoms with Gasteiger partial charge in [0.15, 0.2) is 17.2 Å². The first kappa shape index (κ1) is 18.7. The SMILES string of the molecule is CCOC(=O)c1n[nH]nc1-c1cc(OCC)c(OCC)c(Br)c1Br. The first-order chi connectivity index (χ1) is 11.5. The van der Waals surface area contributed by atoms with Gasteiger partial charge < -0.3 is 14.2 Å². The second kappa shape index (κ2) is 8.48. The molecule has 0 aliphatic rings. The summed E-state index contributed by atoms with van der Waals surface area (Å²) < 4.78 is 17.7. The van der Waals surface area contributed by atoms with E-state index in [4.69, 9.17) is 14.2 Å². The number of halogens is 2. The molecule has 0 bridgehead atoms. The second-order valence-electron chi connectivity index (χ2n) is 4.49. The van der Waals surface area contributed by atoms with Crippen LogP contribution in [0.15, 0.2) is 15.0 Å². The van der Waals surface area contributed by atoms with Crippen molar-refractivity contribution >= 4 is 37.8 Å². The molecule has 0 unspecified atom stereocenters. The first-order valence-electron chi connectivity index (χ1n) is 7.40. The lowest BCUT2D eigenvalue weighted by atomic mass is 10.1. The van der Waals surface area contributed by atoms with E-state index in [1.165, 1.54) is 0 Å². The number of benzene rings is 1. The number of aromatic amines is 1. The van der Waals surface area contributed by atoms with E-state index in [1.807, 2.05) is 13.8 Å². The van der Waals surface area contributed by atoms with E-state index >= 15 is 0 Å². The summed E-state index contributed by atoms with van der Waals surface area (Å²) in [5, 5.41) is 10.4. The molecule has 0 atom stereocenters.